The van der Waals surface area contributed by atoms with E-state index in [-0.39, 0.29) is 4.90 Å². The van der Waals surface area contributed by atoms with Crippen LogP contribution in [-0.2, 0) is 10.0 Å². The van der Waals surface area contributed by atoms with Crippen molar-refractivity contribution in [1.82, 2.24) is 5.43 Å². The number of hydrazone groups is 1. The highest BCUT2D eigenvalue weighted by Gasteiger charge is 2.14. The standard InChI is InChI=1S/C27H23N3O4S/c1-20-10-16-26(17-11-20)35(32,33)30-23-14-12-22(13-15-23)27(31)29-28-19-21-6-5-9-25(18-21)34-24-7-3-2-4-8-24/h2-19,30H,1H3,(H,29,31)/b28-19-. The molecule has 176 valence electrons. The quantitative estimate of drug-likeness (QED) is 0.260. The number of para-hydroxylation sites is 1. The van der Waals surface area contributed by atoms with Gasteiger partial charge in [0.25, 0.3) is 15.9 Å². The number of anilines is 1. The summed E-state index contributed by atoms with van der Waals surface area (Å²) >= 11 is 0. The predicted molar refractivity (Wildman–Crippen MR) is 136 cm³/mol. The molecule has 4 aromatic rings. The summed E-state index contributed by atoms with van der Waals surface area (Å²) in [7, 11) is -3.72. The molecule has 0 unspecified atom stereocenters. The zero-order valence-corrected chi connectivity index (χ0v) is 19.7. The van der Waals surface area contributed by atoms with E-state index in [1.165, 1.54) is 30.5 Å². The smallest absolute Gasteiger partial charge is 0.271 e. The Morgan fingerprint density at radius 2 is 1.51 bits per heavy atom. The van der Waals surface area contributed by atoms with Crippen LogP contribution in [-0.4, -0.2) is 20.5 Å². The van der Waals surface area contributed by atoms with E-state index in [0.717, 1.165) is 16.9 Å². The van der Waals surface area contributed by atoms with Crippen LogP contribution in [0.25, 0.3) is 0 Å². The van der Waals surface area contributed by atoms with Gasteiger partial charge in [0, 0.05) is 11.3 Å². The molecule has 2 N–H and O–H groups in total. The molecule has 7 nitrogen and oxygen atoms in total. The lowest BCUT2D eigenvalue weighted by Gasteiger charge is -2.09. The molecule has 0 bridgehead atoms. The van der Waals surface area contributed by atoms with Crippen LogP contribution in [0.5, 0.6) is 11.5 Å². The highest BCUT2D eigenvalue weighted by Crippen LogP contribution is 2.21. The molecule has 0 aromatic heterocycles. The molecule has 0 saturated heterocycles. The Hall–Kier alpha value is -4.43. The van der Waals surface area contributed by atoms with Gasteiger partial charge in [-0.2, -0.15) is 5.10 Å². The molecule has 1 amide bonds. The van der Waals surface area contributed by atoms with E-state index in [1.54, 1.807) is 30.3 Å². The largest absolute Gasteiger partial charge is 0.457 e. The minimum atomic E-state index is -3.72. The van der Waals surface area contributed by atoms with Crippen LogP contribution >= 0.6 is 0 Å². The number of aryl methyl sites for hydroxylation is 1. The summed E-state index contributed by atoms with van der Waals surface area (Å²) in [6.45, 7) is 1.88. The second-order valence-corrected chi connectivity index (χ2v) is 9.37. The van der Waals surface area contributed by atoms with E-state index >= 15 is 0 Å². The van der Waals surface area contributed by atoms with Crippen LogP contribution in [0.3, 0.4) is 0 Å². The van der Waals surface area contributed by atoms with Crippen molar-refractivity contribution >= 4 is 27.8 Å². The van der Waals surface area contributed by atoms with Crippen LogP contribution in [0, 0.1) is 6.92 Å². The highest BCUT2D eigenvalue weighted by atomic mass is 32.2. The van der Waals surface area contributed by atoms with Crippen LogP contribution in [0.1, 0.15) is 21.5 Å². The third-order valence-corrected chi connectivity index (χ3v) is 6.34. The van der Waals surface area contributed by atoms with E-state index < -0.39 is 15.9 Å². The maximum Gasteiger partial charge on any atom is 0.271 e. The van der Waals surface area contributed by atoms with Gasteiger partial charge in [-0.25, -0.2) is 13.8 Å². The first-order valence-electron chi connectivity index (χ1n) is 10.7. The van der Waals surface area contributed by atoms with Crippen molar-refractivity contribution in [2.75, 3.05) is 4.72 Å². The first-order chi connectivity index (χ1) is 16.9. The number of rotatable bonds is 8. The van der Waals surface area contributed by atoms with Crippen LogP contribution in [0.2, 0.25) is 0 Å². The zero-order valence-electron chi connectivity index (χ0n) is 18.9. The second kappa shape index (κ2) is 10.7. The first-order valence-corrected chi connectivity index (χ1v) is 12.2. The summed E-state index contributed by atoms with van der Waals surface area (Å²) in [5, 5.41) is 4.00. The summed E-state index contributed by atoms with van der Waals surface area (Å²) in [6, 6.07) is 29.3. The minimum Gasteiger partial charge on any atom is -0.457 e. The van der Waals surface area contributed by atoms with E-state index in [1.807, 2.05) is 55.5 Å². The first kappa shape index (κ1) is 23.7. The van der Waals surface area contributed by atoms with Gasteiger partial charge in [-0.1, -0.05) is 48.0 Å². The fourth-order valence-corrected chi connectivity index (χ4v) is 4.19. The van der Waals surface area contributed by atoms with Crippen molar-refractivity contribution in [2.24, 2.45) is 5.10 Å². The van der Waals surface area contributed by atoms with E-state index in [9.17, 15) is 13.2 Å². The van der Waals surface area contributed by atoms with Crippen LogP contribution in [0.15, 0.2) is 113 Å². The lowest BCUT2D eigenvalue weighted by atomic mass is 10.2. The summed E-state index contributed by atoms with van der Waals surface area (Å²) in [4.78, 5) is 12.6. The molecule has 0 aliphatic heterocycles. The van der Waals surface area contributed by atoms with Gasteiger partial charge in [0.2, 0.25) is 0 Å². The molecule has 0 atom stereocenters. The van der Waals surface area contributed by atoms with Crippen molar-refractivity contribution in [2.45, 2.75) is 11.8 Å². The van der Waals surface area contributed by atoms with Crippen molar-refractivity contribution in [3.8, 4) is 11.5 Å². The lowest BCUT2D eigenvalue weighted by molar-refractivity contribution is 0.0955. The van der Waals surface area contributed by atoms with Gasteiger partial charge in [-0.15, -0.1) is 0 Å². The van der Waals surface area contributed by atoms with Crippen molar-refractivity contribution < 1.29 is 17.9 Å². The maximum atomic E-state index is 12.5. The van der Waals surface area contributed by atoms with Crippen LogP contribution < -0.4 is 14.9 Å². The number of nitrogens with zero attached hydrogens (tertiary/aromatic N) is 1. The van der Waals surface area contributed by atoms with Gasteiger partial charge in [0.05, 0.1) is 11.1 Å². The van der Waals surface area contributed by atoms with Crippen molar-refractivity contribution in [3.63, 3.8) is 0 Å². The third kappa shape index (κ3) is 6.55. The Kier molecular flexibility index (Phi) is 7.23. The molecular formula is C27H23N3O4S. The Balaban J connectivity index is 1.35. The van der Waals surface area contributed by atoms with Crippen molar-refractivity contribution in [3.05, 3.63) is 120 Å². The number of hydrogen-bond acceptors (Lipinski definition) is 5. The van der Waals surface area contributed by atoms with Gasteiger partial charge >= 0.3 is 0 Å². The number of sulfonamides is 1. The molecular weight excluding hydrogens is 462 g/mol. The summed E-state index contributed by atoms with van der Waals surface area (Å²) < 4.78 is 33.3. The average molecular weight is 486 g/mol. The molecule has 4 aromatic carbocycles. The van der Waals surface area contributed by atoms with Gasteiger partial charge in [0.15, 0.2) is 0 Å². The number of benzene rings is 4. The maximum absolute atomic E-state index is 12.5. The number of hydrogen-bond donors (Lipinski definition) is 2. The fraction of sp³-hybridized carbons (Fsp3) is 0.0370. The minimum absolute atomic E-state index is 0.164. The Bertz CT molecular complexity index is 1430. The number of carbonyl (C=O) groups is 1. The molecule has 0 aliphatic rings. The number of ether oxygens (including phenoxy) is 1. The van der Waals surface area contributed by atoms with Crippen LogP contribution in [0.4, 0.5) is 5.69 Å². The third-order valence-electron chi connectivity index (χ3n) is 4.95. The Morgan fingerprint density at radius 3 is 2.23 bits per heavy atom. The molecule has 0 radical (unpaired) electrons. The van der Waals surface area contributed by atoms with Gasteiger partial charge < -0.3 is 4.74 Å². The molecule has 0 heterocycles. The monoisotopic (exact) mass is 485 g/mol. The van der Waals surface area contributed by atoms with E-state index in [2.05, 4.69) is 15.2 Å². The van der Waals surface area contributed by atoms with E-state index in [0.29, 0.717) is 17.0 Å². The molecule has 4 rings (SSSR count). The molecule has 8 heteroatoms. The van der Waals surface area contributed by atoms with Gasteiger partial charge in [0.1, 0.15) is 11.5 Å². The molecule has 0 spiro atoms. The van der Waals surface area contributed by atoms with Gasteiger partial charge in [-0.3, -0.25) is 9.52 Å². The molecule has 0 aliphatic carbocycles. The summed E-state index contributed by atoms with van der Waals surface area (Å²) in [5.41, 5.74) is 4.87. The van der Waals surface area contributed by atoms with E-state index in [4.69, 9.17) is 4.74 Å². The summed E-state index contributed by atoms with van der Waals surface area (Å²) in [6.07, 6.45) is 1.51. The van der Waals surface area contributed by atoms with Gasteiger partial charge in [-0.05, 0) is 73.2 Å². The Labute approximate surface area is 204 Å². The fourth-order valence-electron chi connectivity index (χ4n) is 3.13. The summed E-state index contributed by atoms with van der Waals surface area (Å²) in [5.74, 6) is 0.945. The number of nitrogens with one attached hydrogen (secondary N) is 2. The molecule has 0 fully saturated rings. The molecule has 0 saturated carbocycles. The average Bonchev–Trinajstić information content (AvgIpc) is 2.85. The number of amides is 1. The zero-order chi connectivity index (χ0) is 24.7. The Morgan fingerprint density at radius 1 is 0.829 bits per heavy atom. The highest BCUT2D eigenvalue weighted by molar-refractivity contribution is 7.92. The number of carbonyl (C=O) groups excluding carboxylic acids is 1. The van der Waals surface area contributed by atoms with Crippen molar-refractivity contribution in [1.29, 1.82) is 0 Å². The normalized spacial score (nSPS) is 11.2. The SMILES string of the molecule is Cc1ccc(S(=O)(=O)Nc2ccc(C(=O)N/N=C\c3cccc(Oc4ccccc4)c3)cc2)cc1. The molecule has 35 heavy (non-hydrogen) atoms. The predicted octanol–water partition coefficient (Wildman–Crippen LogP) is 5.35. The topological polar surface area (TPSA) is 96.9 Å². The second-order valence-electron chi connectivity index (χ2n) is 7.68. The lowest BCUT2D eigenvalue weighted by Crippen LogP contribution is -2.18.